The Bertz CT molecular complexity index is 601. The van der Waals surface area contributed by atoms with E-state index in [0.29, 0.717) is 44.7 Å². The quantitative estimate of drug-likeness (QED) is 0.831. The summed E-state index contributed by atoms with van der Waals surface area (Å²) in [5.41, 5.74) is 0.673. The molecule has 2 heterocycles. The summed E-state index contributed by atoms with van der Waals surface area (Å²) in [6.07, 6.45) is 0.851. The molecule has 0 N–H and O–H groups in total. The first kappa shape index (κ1) is 15.9. The van der Waals surface area contributed by atoms with Crippen molar-refractivity contribution in [1.29, 1.82) is 0 Å². The lowest BCUT2D eigenvalue weighted by Gasteiger charge is -2.41. The molecular formula is C17H21FN2O3. The molecule has 1 aromatic rings. The zero-order valence-corrected chi connectivity index (χ0v) is 13.2. The molecule has 0 radical (unpaired) electrons. The zero-order chi connectivity index (χ0) is 16.4. The van der Waals surface area contributed by atoms with Crippen molar-refractivity contribution in [3.63, 3.8) is 0 Å². The van der Waals surface area contributed by atoms with Gasteiger partial charge in [-0.15, -0.1) is 0 Å². The van der Waals surface area contributed by atoms with Crippen molar-refractivity contribution in [2.75, 3.05) is 33.4 Å². The van der Waals surface area contributed by atoms with E-state index >= 15 is 0 Å². The zero-order valence-electron chi connectivity index (χ0n) is 13.2. The molecule has 0 bridgehead atoms. The van der Waals surface area contributed by atoms with Gasteiger partial charge in [0.1, 0.15) is 5.82 Å². The monoisotopic (exact) mass is 320 g/mol. The van der Waals surface area contributed by atoms with Crippen molar-refractivity contribution in [3.8, 4) is 0 Å². The van der Waals surface area contributed by atoms with Gasteiger partial charge in [-0.25, -0.2) is 4.39 Å². The van der Waals surface area contributed by atoms with Gasteiger partial charge in [-0.05, 0) is 24.1 Å². The fourth-order valence-corrected chi connectivity index (χ4v) is 3.46. The van der Waals surface area contributed by atoms with Gasteiger partial charge in [0.15, 0.2) is 0 Å². The van der Waals surface area contributed by atoms with Gasteiger partial charge in [0.25, 0.3) is 0 Å². The first-order valence-corrected chi connectivity index (χ1v) is 7.95. The average Bonchev–Trinajstić information content (AvgIpc) is 2.57. The highest BCUT2D eigenvalue weighted by molar-refractivity contribution is 5.85. The molecule has 23 heavy (non-hydrogen) atoms. The average molecular weight is 320 g/mol. The number of hydrogen-bond donors (Lipinski definition) is 0. The maximum atomic E-state index is 13.6. The first-order valence-electron chi connectivity index (χ1n) is 7.95. The van der Waals surface area contributed by atoms with E-state index in [2.05, 4.69) is 0 Å². The van der Waals surface area contributed by atoms with Crippen molar-refractivity contribution in [3.05, 3.63) is 35.6 Å². The number of hydrogen-bond acceptors (Lipinski definition) is 3. The van der Waals surface area contributed by atoms with Crippen molar-refractivity contribution in [2.45, 2.75) is 18.9 Å². The maximum Gasteiger partial charge on any atom is 0.228 e. The Hall–Kier alpha value is -1.95. The third-order valence-corrected chi connectivity index (χ3v) is 4.69. The van der Waals surface area contributed by atoms with Crippen LogP contribution in [0.2, 0.25) is 0 Å². The highest BCUT2D eigenvalue weighted by Gasteiger charge is 2.40. The summed E-state index contributed by atoms with van der Waals surface area (Å²) in [6, 6.07) is 5.77. The van der Waals surface area contributed by atoms with Crippen LogP contribution in [0.5, 0.6) is 0 Å². The van der Waals surface area contributed by atoms with Crippen LogP contribution in [-0.2, 0) is 14.3 Å². The van der Waals surface area contributed by atoms with Gasteiger partial charge in [-0.3, -0.25) is 9.59 Å². The van der Waals surface area contributed by atoms with Crippen LogP contribution < -0.4 is 0 Å². The van der Waals surface area contributed by atoms with E-state index in [0.717, 1.165) is 0 Å². The number of carbonyl (C=O) groups is 2. The van der Waals surface area contributed by atoms with E-state index < -0.39 is 6.04 Å². The van der Waals surface area contributed by atoms with Crippen LogP contribution in [0.15, 0.2) is 24.3 Å². The largest absolute Gasteiger partial charge is 0.378 e. The summed E-state index contributed by atoms with van der Waals surface area (Å²) >= 11 is 0. The lowest BCUT2D eigenvalue weighted by molar-refractivity contribution is -0.149. The number of amides is 2. The third kappa shape index (κ3) is 3.22. The molecule has 2 aliphatic rings. The molecular weight excluding hydrogens is 299 g/mol. The van der Waals surface area contributed by atoms with Gasteiger partial charge in [-0.2, -0.15) is 0 Å². The summed E-state index contributed by atoms with van der Waals surface area (Å²) in [5, 5.41) is 0. The van der Waals surface area contributed by atoms with Crippen molar-refractivity contribution >= 4 is 11.8 Å². The molecule has 1 aromatic carbocycles. The van der Waals surface area contributed by atoms with Gasteiger partial charge < -0.3 is 14.5 Å². The van der Waals surface area contributed by atoms with E-state index in [1.807, 2.05) is 0 Å². The molecule has 0 saturated carbocycles. The first-order chi connectivity index (χ1) is 11.1. The molecule has 0 unspecified atom stereocenters. The molecule has 2 aliphatic heterocycles. The number of rotatable bonds is 2. The molecule has 2 atom stereocenters. The molecule has 2 amide bonds. The fraction of sp³-hybridized carbons (Fsp3) is 0.529. The number of carbonyl (C=O) groups excluding carboxylic acids is 2. The van der Waals surface area contributed by atoms with E-state index in [1.54, 1.807) is 29.0 Å². The Morgan fingerprint density at radius 3 is 2.74 bits per heavy atom. The Kier molecular flexibility index (Phi) is 4.61. The Morgan fingerprint density at radius 1 is 1.30 bits per heavy atom. The minimum absolute atomic E-state index is 0.00899. The Morgan fingerprint density at radius 2 is 2.04 bits per heavy atom. The van der Waals surface area contributed by atoms with Crippen LogP contribution in [-0.4, -0.2) is 55.0 Å². The molecule has 124 valence electrons. The maximum absolute atomic E-state index is 13.6. The second-order valence-corrected chi connectivity index (χ2v) is 6.09. The summed E-state index contributed by atoms with van der Waals surface area (Å²) < 4.78 is 18.9. The number of likely N-dealkylation sites (tertiary alicyclic amines) is 1. The molecule has 0 aliphatic carbocycles. The molecule has 5 nitrogen and oxygen atoms in total. The number of nitrogens with zero attached hydrogens (tertiary/aromatic N) is 2. The van der Waals surface area contributed by atoms with E-state index in [4.69, 9.17) is 4.74 Å². The third-order valence-electron chi connectivity index (χ3n) is 4.69. The number of halogens is 1. The van der Waals surface area contributed by atoms with Crippen molar-refractivity contribution in [2.24, 2.45) is 5.92 Å². The van der Waals surface area contributed by atoms with Gasteiger partial charge in [0, 0.05) is 26.6 Å². The summed E-state index contributed by atoms with van der Waals surface area (Å²) in [7, 11) is 1.69. The van der Waals surface area contributed by atoms with Crippen molar-refractivity contribution < 1.29 is 18.7 Å². The lowest BCUT2D eigenvalue weighted by atomic mass is 9.83. The van der Waals surface area contributed by atoms with Crippen LogP contribution in [0.4, 0.5) is 4.39 Å². The molecule has 0 spiro atoms. The van der Waals surface area contributed by atoms with Crippen LogP contribution in [0.25, 0.3) is 0 Å². The standard InChI is InChI=1S/C17H21FN2O3/c1-19-15(21)6-5-14(17(22)20-7-9-23-10-8-20)16(19)12-3-2-4-13(18)11-12/h2-4,11,14,16H,5-10H2,1H3/t14-,16+/m0/s1. The Labute approximate surface area is 135 Å². The van der Waals surface area contributed by atoms with Gasteiger partial charge in [-0.1, -0.05) is 12.1 Å². The molecule has 6 heteroatoms. The van der Waals surface area contributed by atoms with Crippen LogP contribution in [0.3, 0.4) is 0 Å². The second kappa shape index (κ2) is 6.66. The highest BCUT2D eigenvalue weighted by atomic mass is 19.1. The van der Waals surface area contributed by atoms with Crippen LogP contribution in [0, 0.1) is 11.7 Å². The molecule has 0 aromatic heterocycles. The predicted molar refractivity (Wildman–Crippen MR) is 82.0 cm³/mol. The summed E-state index contributed by atoms with van der Waals surface area (Å²) in [6.45, 7) is 2.22. The van der Waals surface area contributed by atoms with Crippen LogP contribution in [0.1, 0.15) is 24.4 Å². The molecule has 2 saturated heterocycles. The molecule has 2 fully saturated rings. The lowest BCUT2D eigenvalue weighted by Crippen LogP contribution is -2.50. The summed E-state index contributed by atoms with van der Waals surface area (Å²) in [5.74, 6) is -0.670. The minimum Gasteiger partial charge on any atom is -0.378 e. The molecule has 3 rings (SSSR count). The minimum atomic E-state index is -0.415. The van der Waals surface area contributed by atoms with E-state index in [9.17, 15) is 14.0 Å². The van der Waals surface area contributed by atoms with Crippen LogP contribution >= 0.6 is 0 Å². The normalized spacial score (nSPS) is 25.6. The SMILES string of the molecule is CN1C(=O)CC[C@H](C(=O)N2CCOCC2)[C@H]1c1cccc(F)c1. The van der Waals surface area contributed by atoms with Crippen molar-refractivity contribution in [1.82, 2.24) is 9.80 Å². The highest BCUT2D eigenvalue weighted by Crippen LogP contribution is 2.37. The fourth-order valence-electron chi connectivity index (χ4n) is 3.46. The smallest absolute Gasteiger partial charge is 0.228 e. The topological polar surface area (TPSA) is 49.9 Å². The number of piperidine rings is 1. The predicted octanol–water partition coefficient (Wildman–Crippen LogP) is 1.59. The Balaban J connectivity index is 1.89. The van der Waals surface area contributed by atoms with E-state index in [-0.39, 0.29) is 23.5 Å². The number of morpholine rings is 1. The van der Waals surface area contributed by atoms with Gasteiger partial charge >= 0.3 is 0 Å². The van der Waals surface area contributed by atoms with E-state index in [1.165, 1.54) is 12.1 Å². The van der Waals surface area contributed by atoms with Gasteiger partial charge in [0.05, 0.1) is 25.2 Å². The van der Waals surface area contributed by atoms with Gasteiger partial charge in [0.2, 0.25) is 11.8 Å². The number of benzene rings is 1. The summed E-state index contributed by atoms with van der Waals surface area (Å²) in [4.78, 5) is 28.4. The second-order valence-electron chi connectivity index (χ2n) is 6.09. The number of ether oxygens (including phenoxy) is 1.